The minimum Gasteiger partial charge on any atom is -0.399 e. The van der Waals surface area contributed by atoms with Crippen LogP contribution in [0.5, 0.6) is 0 Å². The maximum absolute atomic E-state index is 6.27. The molecule has 4 heterocycles. The Morgan fingerprint density at radius 2 is 1.02 bits per heavy atom. The zero-order valence-electron chi connectivity index (χ0n) is 25.6. The number of anilines is 2. The molecule has 0 aliphatic carbocycles. The first kappa shape index (κ1) is 28.0. The Labute approximate surface area is 254 Å². The molecule has 3 aromatic rings. The van der Waals surface area contributed by atoms with Gasteiger partial charge in [-0.05, 0) is 98.7 Å². The molecule has 0 spiro atoms. The summed E-state index contributed by atoms with van der Waals surface area (Å²) in [6.45, 7) is 0. The molecule has 3 nitrogen and oxygen atoms in total. The predicted molar refractivity (Wildman–Crippen MR) is 177 cm³/mol. The molecule has 3 aromatic carbocycles. The average molecular weight is 562 g/mol. The fourth-order valence-electron chi connectivity index (χ4n) is 10.4. The van der Waals surface area contributed by atoms with E-state index < -0.39 is 0 Å². The Morgan fingerprint density at radius 3 is 1.60 bits per heavy atom. The highest BCUT2D eigenvalue weighted by Gasteiger charge is 2.63. The van der Waals surface area contributed by atoms with Crippen molar-refractivity contribution < 1.29 is 0 Å². The maximum atomic E-state index is 6.27. The topological polar surface area (TPSA) is 55.3 Å². The fraction of sp³-hybridized carbons (Fsp3) is 0.538. The summed E-state index contributed by atoms with van der Waals surface area (Å²) >= 11 is 0. The second-order valence-corrected chi connectivity index (χ2v) is 14.4. The number of hydrogen-bond acceptors (Lipinski definition) is 3. The molecule has 4 aliphatic rings. The summed E-state index contributed by atoms with van der Waals surface area (Å²) in [6.07, 6.45) is 21.2. The van der Waals surface area contributed by atoms with Crippen molar-refractivity contribution in [1.82, 2.24) is 4.90 Å². The molecule has 0 amide bonds. The molecule has 0 radical (unpaired) electrons. The number of nitrogens with two attached hydrogens (primary N) is 2. The first-order chi connectivity index (χ1) is 20.5. The summed E-state index contributed by atoms with van der Waals surface area (Å²) in [6, 6.07) is 30.9. The number of rotatable bonds is 4. The van der Waals surface area contributed by atoms with Gasteiger partial charge in [-0.1, -0.05) is 99.5 Å². The fourth-order valence-corrected chi connectivity index (χ4v) is 10.4. The van der Waals surface area contributed by atoms with Crippen LogP contribution in [0.2, 0.25) is 0 Å². The Hall–Kier alpha value is -2.78. The van der Waals surface area contributed by atoms with Gasteiger partial charge >= 0.3 is 0 Å². The van der Waals surface area contributed by atoms with E-state index in [4.69, 9.17) is 11.5 Å². The number of nitrogens with zero attached hydrogens (tertiary/aromatic N) is 1. The van der Waals surface area contributed by atoms with E-state index in [0.717, 1.165) is 17.8 Å². The normalized spacial score (nSPS) is 35.0. The molecular weight excluding hydrogens is 510 g/mol. The van der Waals surface area contributed by atoms with Crippen molar-refractivity contribution in [3.8, 4) is 0 Å². The quantitative estimate of drug-likeness (QED) is 0.313. The van der Waals surface area contributed by atoms with Crippen LogP contribution in [0.25, 0.3) is 0 Å². The van der Waals surface area contributed by atoms with Gasteiger partial charge in [0.05, 0.1) is 0 Å². The van der Waals surface area contributed by atoms with Gasteiger partial charge in [-0.3, -0.25) is 4.90 Å². The molecule has 4 N–H and O–H groups in total. The molecule has 6 unspecified atom stereocenters. The van der Waals surface area contributed by atoms with Gasteiger partial charge < -0.3 is 11.5 Å². The van der Waals surface area contributed by atoms with E-state index in [1.807, 2.05) is 0 Å². The van der Waals surface area contributed by atoms with Gasteiger partial charge in [0.2, 0.25) is 0 Å². The van der Waals surface area contributed by atoms with E-state index in [9.17, 15) is 0 Å². The van der Waals surface area contributed by atoms with Crippen LogP contribution < -0.4 is 11.5 Å². The lowest BCUT2D eigenvalue weighted by molar-refractivity contribution is -0.154. The third-order valence-electron chi connectivity index (χ3n) is 12.4. The van der Waals surface area contributed by atoms with E-state index in [1.54, 1.807) is 11.1 Å². The van der Waals surface area contributed by atoms with Gasteiger partial charge in [-0.25, -0.2) is 0 Å². The zero-order chi connectivity index (χ0) is 28.6. The van der Waals surface area contributed by atoms with E-state index >= 15 is 0 Å². The lowest BCUT2D eigenvalue weighted by Crippen LogP contribution is -2.75. The molecule has 4 saturated heterocycles. The highest BCUT2D eigenvalue weighted by Crippen LogP contribution is 2.61. The monoisotopic (exact) mass is 561 g/mol. The SMILES string of the molecule is Nc1ccc(CC23CCC4(c5ccccc5)CCCCCCCCC(c5ccc(N)cc5)(CC2)C2CCCC4N23)cc1. The van der Waals surface area contributed by atoms with Crippen molar-refractivity contribution in [2.75, 3.05) is 11.5 Å². The molecule has 42 heavy (non-hydrogen) atoms. The zero-order valence-corrected chi connectivity index (χ0v) is 25.6. The summed E-state index contributed by atoms with van der Waals surface area (Å²) in [5.74, 6) is 0. The third kappa shape index (κ3) is 4.77. The van der Waals surface area contributed by atoms with E-state index in [0.29, 0.717) is 12.1 Å². The van der Waals surface area contributed by atoms with Crippen LogP contribution in [0.15, 0.2) is 78.9 Å². The van der Waals surface area contributed by atoms with Crippen LogP contribution in [0.3, 0.4) is 0 Å². The smallest absolute Gasteiger partial charge is 0.0314 e. The highest BCUT2D eigenvalue weighted by atomic mass is 15.3. The van der Waals surface area contributed by atoms with Crippen molar-refractivity contribution in [3.05, 3.63) is 95.6 Å². The van der Waals surface area contributed by atoms with E-state index in [2.05, 4.69) is 83.8 Å². The Balaban J connectivity index is 1.40. The maximum Gasteiger partial charge on any atom is 0.0314 e. The van der Waals surface area contributed by atoms with Crippen LogP contribution in [0.1, 0.15) is 113 Å². The second-order valence-electron chi connectivity index (χ2n) is 14.4. The summed E-state index contributed by atoms with van der Waals surface area (Å²) in [5.41, 5.74) is 19.4. The van der Waals surface area contributed by atoms with E-state index in [-0.39, 0.29) is 16.4 Å². The first-order valence-electron chi connectivity index (χ1n) is 17.1. The van der Waals surface area contributed by atoms with Crippen molar-refractivity contribution in [3.63, 3.8) is 0 Å². The second kappa shape index (κ2) is 11.4. The molecule has 0 saturated carbocycles. The Morgan fingerprint density at radius 1 is 0.524 bits per heavy atom. The molecule has 222 valence electrons. The lowest BCUT2D eigenvalue weighted by Gasteiger charge is -2.70. The molecule has 5 bridgehead atoms. The molecule has 3 heteroatoms. The van der Waals surface area contributed by atoms with Crippen LogP contribution in [0, 0.1) is 0 Å². The largest absolute Gasteiger partial charge is 0.399 e. The number of piperidine rings is 3. The van der Waals surface area contributed by atoms with Gasteiger partial charge in [0.15, 0.2) is 0 Å². The third-order valence-corrected chi connectivity index (χ3v) is 12.4. The highest BCUT2D eigenvalue weighted by molar-refractivity contribution is 5.44. The van der Waals surface area contributed by atoms with Crippen LogP contribution >= 0.6 is 0 Å². The van der Waals surface area contributed by atoms with Gasteiger partial charge in [-0.15, -0.1) is 0 Å². The van der Waals surface area contributed by atoms with Crippen LogP contribution in [-0.2, 0) is 17.3 Å². The number of benzene rings is 3. The minimum atomic E-state index is 0.199. The average Bonchev–Trinajstić information content (AvgIpc) is 3.03. The Kier molecular flexibility index (Phi) is 7.59. The van der Waals surface area contributed by atoms with E-state index in [1.165, 1.54) is 102 Å². The minimum absolute atomic E-state index is 0.199. The Bertz CT molecular complexity index is 1330. The van der Waals surface area contributed by atoms with Gasteiger partial charge in [-0.2, -0.15) is 0 Å². The molecule has 4 aliphatic heterocycles. The summed E-state index contributed by atoms with van der Waals surface area (Å²) < 4.78 is 0. The predicted octanol–water partition coefficient (Wildman–Crippen LogP) is 8.95. The lowest BCUT2D eigenvalue weighted by atomic mass is 9.51. The molecular formula is C39H51N3. The summed E-state index contributed by atoms with van der Waals surface area (Å²) in [4.78, 5) is 3.22. The van der Waals surface area contributed by atoms with Crippen molar-refractivity contribution in [1.29, 1.82) is 0 Å². The van der Waals surface area contributed by atoms with Crippen molar-refractivity contribution in [2.45, 2.75) is 131 Å². The van der Waals surface area contributed by atoms with Crippen molar-refractivity contribution in [2.24, 2.45) is 0 Å². The molecule has 4 fully saturated rings. The molecule has 6 atom stereocenters. The standard InChI is InChI=1S/C39H51N3/c40-33-19-15-30(16-20-33)29-37-25-27-38(31-11-6-5-7-12-31)23-8-3-1-2-4-9-24-39(28-26-37,32-17-21-34(41)22-18-32)36-14-10-13-35(38)42(36)37/h5-7,11-12,15-22,35-36H,1-4,8-10,13-14,23-29,40-41H2. The first-order valence-corrected chi connectivity index (χ1v) is 17.1. The van der Waals surface area contributed by atoms with Crippen LogP contribution in [-0.4, -0.2) is 22.5 Å². The van der Waals surface area contributed by atoms with Gasteiger partial charge in [0.1, 0.15) is 0 Å². The molecule has 0 aromatic heterocycles. The van der Waals surface area contributed by atoms with Crippen molar-refractivity contribution >= 4 is 11.4 Å². The van der Waals surface area contributed by atoms with Crippen LogP contribution in [0.4, 0.5) is 11.4 Å². The summed E-state index contributed by atoms with van der Waals surface area (Å²) in [5, 5.41) is 0. The van der Waals surface area contributed by atoms with Gasteiger partial charge in [0, 0.05) is 39.8 Å². The number of nitrogen functional groups attached to an aromatic ring is 2. The van der Waals surface area contributed by atoms with Gasteiger partial charge in [0.25, 0.3) is 0 Å². The summed E-state index contributed by atoms with van der Waals surface area (Å²) in [7, 11) is 0. The number of hydrogen-bond donors (Lipinski definition) is 2. The molecule has 7 rings (SSSR count).